The predicted octanol–water partition coefficient (Wildman–Crippen LogP) is 4.71. The predicted molar refractivity (Wildman–Crippen MR) is 95.2 cm³/mol. The molecule has 0 aromatic heterocycles. The molecule has 0 saturated carbocycles. The Kier molecular flexibility index (Phi) is 8.10. The summed E-state index contributed by atoms with van der Waals surface area (Å²) in [6.45, 7) is 8.80. The van der Waals surface area contributed by atoms with Crippen LogP contribution in [0.2, 0.25) is 0 Å². The monoisotopic (exact) mass is 321 g/mol. The minimum absolute atomic E-state index is 0.104. The van der Waals surface area contributed by atoms with Crippen LogP contribution in [0.15, 0.2) is 18.2 Å². The number of carbonyl (C=O) groups is 1. The van der Waals surface area contributed by atoms with E-state index in [2.05, 4.69) is 19.2 Å². The lowest BCUT2D eigenvalue weighted by Crippen LogP contribution is -2.41. The number of rotatable bonds is 10. The SMILES string of the molecule is CCCCOc1ccc(NC(=O)[C@@](C)(CCCC)OC)cc1C. The second-order valence-electron chi connectivity index (χ2n) is 6.17. The molecule has 0 radical (unpaired) electrons. The number of methoxy groups -OCH3 is 1. The van der Waals surface area contributed by atoms with Gasteiger partial charge in [0.25, 0.3) is 5.91 Å². The summed E-state index contributed by atoms with van der Waals surface area (Å²) in [5.74, 6) is 0.768. The van der Waals surface area contributed by atoms with Crippen LogP contribution in [0.1, 0.15) is 58.4 Å². The van der Waals surface area contributed by atoms with Crippen LogP contribution in [0.25, 0.3) is 0 Å². The van der Waals surface area contributed by atoms with Crippen LogP contribution >= 0.6 is 0 Å². The first-order valence-corrected chi connectivity index (χ1v) is 8.57. The van der Waals surface area contributed by atoms with E-state index in [0.717, 1.165) is 49.3 Å². The van der Waals surface area contributed by atoms with Crippen molar-refractivity contribution in [2.24, 2.45) is 0 Å². The van der Waals surface area contributed by atoms with Crippen molar-refractivity contribution in [1.82, 2.24) is 0 Å². The number of amides is 1. The van der Waals surface area contributed by atoms with E-state index in [4.69, 9.17) is 9.47 Å². The summed E-state index contributed by atoms with van der Waals surface area (Å²) in [7, 11) is 1.59. The molecule has 1 aromatic carbocycles. The molecule has 0 aliphatic rings. The second-order valence-corrected chi connectivity index (χ2v) is 6.17. The Bertz CT molecular complexity index is 501. The van der Waals surface area contributed by atoms with Crippen molar-refractivity contribution in [2.45, 2.75) is 65.4 Å². The Morgan fingerprint density at radius 2 is 1.91 bits per heavy atom. The Balaban J connectivity index is 2.72. The number of ether oxygens (including phenoxy) is 2. The van der Waals surface area contributed by atoms with Gasteiger partial charge < -0.3 is 14.8 Å². The van der Waals surface area contributed by atoms with Crippen LogP contribution in [-0.4, -0.2) is 25.2 Å². The summed E-state index contributed by atoms with van der Waals surface area (Å²) in [5, 5.41) is 2.96. The lowest BCUT2D eigenvalue weighted by molar-refractivity contribution is -0.136. The molecular formula is C19H31NO3. The van der Waals surface area contributed by atoms with Gasteiger partial charge in [0, 0.05) is 12.8 Å². The molecular weight excluding hydrogens is 290 g/mol. The summed E-state index contributed by atoms with van der Waals surface area (Å²) in [6.07, 6.45) is 4.86. The summed E-state index contributed by atoms with van der Waals surface area (Å²) in [5.41, 5.74) is 1.00. The van der Waals surface area contributed by atoms with Gasteiger partial charge in [-0.15, -0.1) is 0 Å². The lowest BCUT2D eigenvalue weighted by Gasteiger charge is -2.27. The molecule has 0 aliphatic carbocycles. The Morgan fingerprint density at radius 1 is 1.22 bits per heavy atom. The minimum Gasteiger partial charge on any atom is -0.493 e. The number of hydrogen-bond acceptors (Lipinski definition) is 3. The number of nitrogens with one attached hydrogen (secondary N) is 1. The van der Waals surface area contributed by atoms with E-state index in [-0.39, 0.29) is 5.91 Å². The van der Waals surface area contributed by atoms with Crippen molar-refractivity contribution < 1.29 is 14.3 Å². The van der Waals surface area contributed by atoms with Gasteiger partial charge in [0.15, 0.2) is 0 Å². The summed E-state index contributed by atoms with van der Waals surface area (Å²) >= 11 is 0. The third-order valence-corrected chi connectivity index (χ3v) is 4.13. The molecule has 1 N–H and O–H groups in total. The van der Waals surface area contributed by atoms with Crippen molar-refractivity contribution in [2.75, 3.05) is 19.0 Å². The quantitative estimate of drug-likeness (QED) is 0.635. The highest BCUT2D eigenvalue weighted by atomic mass is 16.5. The Hall–Kier alpha value is -1.55. The van der Waals surface area contributed by atoms with Gasteiger partial charge in [-0.1, -0.05) is 33.1 Å². The fourth-order valence-corrected chi connectivity index (χ4v) is 2.30. The molecule has 4 heteroatoms. The highest BCUT2D eigenvalue weighted by Crippen LogP contribution is 2.25. The molecule has 0 bridgehead atoms. The van der Waals surface area contributed by atoms with Crippen LogP contribution in [0.4, 0.5) is 5.69 Å². The van der Waals surface area contributed by atoms with Crippen LogP contribution in [-0.2, 0) is 9.53 Å². The van der Waals surface area contributed by atoms with Gasteiger partial charge in [-0.05, 0) is 50.5 Å². The molecule has 23 heavy (non-hydrogen) atoms. The fraction of sp³-hybridized carbons (Fsp3) is 0.632. The maximum absolute atomic E-state index is 12.5. The number of anilines is 1. The second kappa shape index (κ2) is 9.56. The first kappa shape index (κ1) is 19.5. The molecule has 1 amide bonds. The molecule has 1 atom stereocenters. The molecule has 1 rings (SSSR count). The fourth-order valence-electron chi connectivity index (χ4n) is 2.30. The molecule has 1 aromatic rings. The maximum Gasteiger partial charge on any atom is 0.256 e. The maximum atomic E-state index is 12.5. The molecule has 0 saturated heterocycles. The van der Waals surface area contributed by atoms with E-state index in [1.165, 1.54) is 0 Å². The number of aryl methyl sites for hydroxylation is 1. The first-order chi connectivity index (χ1) is 11.0. The third kappa shape index (κ3) is 5.87. The topological polar surface area (TPSA) is 47.6 Å². The molecule has 0 unspecified atom stereocenters. The normalized spacial score (nSPS) is 13.4. The first-order valence-electron chi connectivity index (χ1n) is 8.57. The summed E-state index contributed by atoms with van der Waals surface area (Å²) < 4.78 is 11.2. The number of unbranched alkanes of at least 4 members (excludes halogenated alkanes) is 2. The zero-order valence-electron chi connectivity index (χ0n) is 15.2. The molecule has 0 heterocycles. The number of hydrogen-bond donors (Lipinski definition) is 1. The zero-order chi connectivity index (χ0) is 17.3. The largest absolute Gasteiger partial charge is 0.493 e. The van der Waals surface area contributed by atoms with E-state index in [1.807, 2.05) is 32.0 Å². The summed E-state index contributed by atoms with van der Waals surface area (Å²) in [6, 6.07) is 5.73. The van der Waals surface area contributed by atoms with Crippen molar-refractivity contribution in [3.05, 3.63) is 23.8 Å². The smallest absolute Gasteiger partial charge is 0.256 e. The average molecular weight is 321 g/mol. The van der Waals surface area contributed by atoms with Crippen LogP contribution in [0.5, 0.6) is 5.75 Å². The van der Waals surface area contributed by atoms with E-state index < -0.39 is 5.60 Å². The highest BCUT2D eigenvalue weighted by molar-refractivity contribution is 5.97. The van der Waals surface area contributed by atoms with Crippen molar-refractivity contribution in [3.63, 3.8) is 0 Å². The summed E-state index contributed by atoms with van der Waals surface area (Å²) in [4.78, 5) is 12.5. The van der Waals surface area contributed by atoms with E-state index >= 15 is 0 Å². The molecule has 4 nitrogen and oxygen atoms in total. The van der Waals surface area contributed by atoms with Crippen LogP contribution in [0, 0.1) is 6.92 Å². The molecule has 0 spiro atoms. The van der Waals surface area contributed by atoms with Crippen molar-refractivity contribution in [3.8, 4) is 5.75 Å². The van der Waals surface area contributed by atoms with Gasteiger partial charge >= 0.3 is 0 Å². The Labute approximate surface area is 140 Å². The van der Waals surface area contributed by atoms with Crippen LogP contribution in [0.3, 0.4) is 0 Å². The van der Waals surface area contributed by atoms with Gasteiger partial charge in [-0.2, -0.15) is 0 Å². The van der Waals surface area contributed by atoms with Gasteiger partial charge in [-0.3, -0.25) is 4.79 Å². The molecule has 0 fully saturated rings. The van der Waals surface area contributed by atoms with E-state index in [0.29, 0.717) is 6.42 Å². The van der Waals surface area contributed by atoms with Crippen molar-refractivity contribution >= 4 is 11.6 Å². The van der Waals surface area contributed by atoms with E-state index in [9.17, 15) is 4.79 Å². The third-order valence-electron chi connectivity index (χ3n) is 4.13. The van der Waals surface area contributed by atoms with Gasteiger partial charge in [0.2, 0.25) is 0 Å². The lowest BCUT2D eigenvalue weighted by atomic mass is 9.97. The number of benzene rings is 1. The highest BCUT2D eigenvalue weighted by Gasteiger charge is 2.32. The van der Waals surface area contributed by atoms with Gasteiger partial charge in [-0.25, -0.2) is 0 Å². The number of carbonyl (C=O) groups excluding carboxylic acids is 1. The average Bonchev–Trinajstić information content (AvgIpc) is 2.54. The molecule has 0 aliphatic heterocycles. The standard InChI is InChI=1S/C19H31NO3/c1-6-8-12-19(4,22-5)18(21)20-16-10-11-17(15(3)14-16)23-13-9-7-2/h10-11,14H,6-9,12-13H2,1-5H3,(H,20,21)/t19-/m1/s1. The van der Waals surface area contributed by atoms with Gasteiger partial charge in [0.05, 0.1) is 6.61 Å². The van der Waals surface area contributed by atoms with Gasteiger partial charge in [0.1, 0.15) is 11.4 Å². The Morgan fingerprint density at radius 3 is 2.48 bits per heavy atom. The van der Waals surface area contributed by atoms with Crippen molar-refractivity contribution in [1.29, 1.82) is 0 Å². The van der Waals surface area contributed by atoms with Crippen LogP contribution < -0.4 is 10.1 Å². The van der Waals surface area contributed by atoms with E-state index in [1.54, 1.807) is 7.11 Å². The zero-order valence-corrected chi connectivity index (χ0v) is 15.2. The minimum atomic E-state index is -0.791. The molecule has 130 valence electrons.